The maximum absolute atomic E-state index is 11.9. The van der Waals surface area contributed by atoms with Gasteiger partial charge in [-0.15, -0.1) is 0 Å². The van der Waals surface area contributed by atoms with Gasteiger partial charge in [-0.2, -0.15) is 13.2 Å². The lowest BCUT2D eigenvalue weighted by Gasteiger charge is -2.09. The van der Waals surface area contributed by atoms with Crippen LogP contribution in [-0.4, -0.2) is 32.4 Å². The molecule has 2 rings (SSSR count). The third-order valence-electron chi connectivity index (χ3n) is 3.17. The predicted octanol–water partition coefficient (Wildman–Crippen LogP) is 4.75. The number of amides is 1. The third-order valence-corrected chi connectivity index (χ3v) is 4.19. The molecule has 0 aliphatic rings. The summed E-state index contributed by atoms with van der Waals surface area (Å²) in [5.74, 6) is 0.384. The Morgan fingerprint density at radius 3 is 2.15 bits per heavy atom. The van der Waals surface area contributed by atoms with Crippen molar-refractivity contribution in [3.8, 4) is 5.75 Å². The first kappa shape index (κ1) is 20.1. The molecule has 2 aromatic carbocycles. The Morgan fingerprint density at radius 2 is 1.62 bits per heavy atom. The molecule has 1 amide bonds. The average Bonchev–Trinajstić information content (AvgIpc) is 2.60. The minimum Gasteiger partial charge on any atom is -0.497 e. The van der Waals surface area contributed by atoms with Gasteiger partial charge in [-0.3, -0.25) is 4.79 Å². The molecular formula is C18H18F3NO3S. The molecule has 1 N–H and O–H groups in total. The Balaban J connectivity index is 1.78. The maximum atomic E-state index is 11.9. The smallest absolute Gasteiger partial charge is 0.411 e. The summed E-state index contributed by atoms with van der Waals surface area (Å²) < 4.78 is 45.3. The van der Waals surface area contributed by atoms with Gasteiger partial charge < -0.3 is 14.8 Å². The van der Waals surface area contributed by atoms with E-state index in [-0.39, 0.29) is 13.0 Å². The van der Waals surface area contributed by atoms with Crippen LogP contribution in [0.4, 0.5) is 18.9 Å². The van der Waals surface area contributed by atoms with Crippen molar-refractivity contribution in [1.29, 1.82) is 0 Å². The van der Waals surface area contributed by atoms with Crippen molar-refractivity contribution in [2.24, 2.45) is 0 Å². The molecule has 8 heteroatoms. The summed E-state index contributed by atoms with van der Waals surface area (Å²) in [6.45, 7) is -1.63. The number of carbonyl (C=O) groups excluding carboxylic acids is 1. The van der Waals surface area contributed by atoms with E-state index >= 15 is 0 Å². The zero-order chi connectivity index (χ0) is 19.0. The van der Waals surface area contributed by atoms with Crippen LogP contribution in [0, 0.1) is 0 Å². The van der Waals surface area contributed by atoms with Gasteiger partial charge in [0.1, 0.15) is 12.4 Å². The van der Waals surface area contributed by atoms with E-state index in [1.165, 1.54) is 0 Å². The molecule has 0 radical (unpaired) electrons. The Bertz CT molecular complexity index is 703. The summed E-state index contributed by atoms with van der Waals surface area (Å²) in [5.41, 5.74) is 0.574. The minimum absolute atomic E-state index is 0.140. The van der Waals surface area contributed by atoms with E-state index < -0.39 is 18.7 Å². The van der Waals surface area contributed by atoms with Crippen molar-refractivity contribution in [2.45, 2.75) is 22.4 Å². The number of anilines is 1. The predicted molar refractivity (Wildman–Crippen MR) is 93.7 cm³/mol. The monoisotopic (exact) mass is 385 g/mol. The van der Waals surface area contributed by atoms with E-state index in [4.69, 9.17) is 4.74 Å². The number of rotatable bonds is 8. The highest BCUT2D eigenvalue weighted by Crippen LogP contribution is 2.29. The van der Waals surface area contributed by atoms with Crippen LogP contribution in [0.5, 0.6) is 5.75 Å². The quantitative estimate of drug-likeness (QED) is 0.666. The number of methoxy groups -OCH3 is 1. The number of hydrogen-bond donors (Lipinski definition) is 1. The van der Waals surface area contributed by atoms with E-state index in [9.17, 15) is 18.0 Å². The van der Waals surface area contributed by atoms with Crippen molar-refractivity contribution in [2.75, 3.05) is 25.6 Å². The van der Waals surface area contributed by atoms with Gasteiger partial charge in [-0.25, -0.2) is 0 Å². The highest BCUT2D eigenvalue weighted by Gasteiger charge is 2.27. The first-order valence-corrected chi connectivity index (χ1v) is 8.54. The van der Waals surface area contributed by atoms with Crippen molar-refractivity contribution in [3.63, 3.8) is 0 Å². The molecule has 0 heterocycles. The van der Waals surface area contributed by atoms with Gasteiger partial charge in [-0.1, -0.05) is 11.8 Å². The van der Waals surface area contributed by atoms with Gasteiger partial charge in [0, 0.05) is 15.5 Å². The molecule has 0 spiro atoms. The average molecular weight is 385 g/mol. The fourth-order valence-corrected chi connectivity index (χ4v) is 2.78. The first-order valence-electron chi connectivity index (χ1n) is 7.72. The van der Waals surface area contributed by atoms with Crippen LogP contribution in [0.15, 0.2) is 58.3 Å². The van der Waals surface area contributed by atoms with E-state index in [0.29, 0.717) is 5.69 Å². The molecule has 0 aliphatic heterocycles. The number of ether oxygens (including phenoxy) is 2. The van der Waals surface area contributed by atoms with Crippen LogP contribution in [-0.2, 0) is 9.53 Å². The van der Waals surface area contributed by atoms with Gasteiger partial charge in [-0.05, 0) is 48.5 Å². The zero-order valence-corrected chi connectivity index (χ0v) is 14.8. The Hall–Kier alpha value is -2.19. The fraction of sp³-hybridized carbons (Fsp3) is 0.278. The molecule has 26 heavy (non-hydrogen) atoms. The highest BCUT2D eigenvalue weighted by molar-refractivity contribution is 7.99. The third kappa shape index (κ3) is 7.37. The number of benzene rings is 2. The molecule has 0 saturated heterocycles. The molecule has 4 nitrogen and oxygen atoms in total. The summed E-state index contributed by atoms with van der Waals surface area (Å²) in [4.78, 5) is 13.7. The van der Waals surface area contributed by atoms with Crippen LogP contribution in [0.25, 0.3) is 0 Å². The van der Waals surface area contributed by atoms with Gasteiger partial charge in [0.15, 0.2) is 0 Å². The van der Waals surface area contributed by atoms with Crippen molar-refractivity contribution in [1.82, 2.24) is 0 Å². The molecular weight excluding hydrogens is 367 g/mol. The summed E-state index contributed by atoms with van der Waals surface area (Å²) >= 11 is 1.56. The molecule has 0 fully saturated rings. The van der Waals surface area contributed by atoms with Crippen LogP contribution in [0.2, 0.25) is 0 Å². The van der Waals surface area contributed by atoms with Crippen molar-refractivity contribution < 1.29 is 27.4 Å². The van der Waals surface area contributed by atoms with Gasteiger partial charge in [0.25, 0.3) is 0 Å². The van der Waals surface area contributed by atoms with Crippen LogP contribution < -0.4 is 10.1 Å². The standard InChI is InChI=1S/C18H18F3NO3S/c1-24-14-4-8-16(9-5-14)26-15-6-2-13(3-7-15)22-17(23)10-11-25-12-18(19,20)21/h2-9H,10-12H2,1H3,(H,22,23). The van der Waals surface area contributed by atoms with Gasteiger partial charge in [0.05, 0.1) is 20.1 Å². The summed E-state index contributed by atoms with van der Waals surface area (Å²) in [5, 5.41) is 2.62. The largest absolute Gasteiger partial charge is 0.497 e. The lowest BCUT2D eigenvalue weighted by atomic mass is 10.3. The number of alkyl halides is 3. The molecule has 0 saturated carbocycles. The van der Waals surface area contributed by atoms with Crippen LogP contribution >= 0.6 is 11.8 Å². The number of nitrogens with one attached hydrogen (secondary N) is 1. The second-order valence-electron chi connectivity index (χ2n) is 5.27. The minimum atomic E-state index is -4.38. The molecule has 0 aromatic heterocycles. The maximum Gasteiger partial charge on any atom is 0.411 e. The zero-order valence-electron chi connectivity index (χ0n) is 14.0. The molecule has 0 bridgehead atoms. The van der Waals surface area contributed by atoms with E-state index in [1.54, 1.807) is 31.0 Å². The lowest BCUT2D eigenvalue weighted by Crippen LogP contribution is -2.20. The first-order chi connectivity index (χ1) is 12.4. The number of halogens is 3. The highest BCUT2D eigenvalue weighted by atomic mass is 32.2. The Kier molecular flexibility index (Phi) is 7.35. The Morgan fingerprint density at radius 1 is 1.04 bits per heavy atom. The SMILES string of the molecule is COc1ccc(Sc2ccc(NC(=O)CCOCC(F)(F)F)cc2)cc1. The van der Waals surface area contributed by atoms with Gasteiger partial charge in [0.2, 0.25) is 5.91 Å². The lowest BCUT2D eigenvalue weighted by molar-refractivity contribution is -0.174. The number of carbonyl (C=O) groups is 1. The topological polar surface area (TPSA) is 47.6 Å². The molecule has 0 atom stereocenters. The van der Waals surface area contributed by atoms with Gasteiger partial charge >= 0.3 is 6.18 Å². The Labute approximate surface area is 153 Å². The van der Waals surface area contributed by atoms with Crippen molar-refractivity contribution >= 4 is 23.4 Å². The second-order valence-corrected chi connectivity index (χ2v) is 6.41. The molecule has 0 aliphatic carbocycles. The van der Waals surface area contributed by atoms with Crippen LogP contribution in [0.3, 0.4) is 0 Å². The van der Waals surface area contributed by atoms with Crippen LogP contribution in [0.1, 0.15) is 6.42 Å². The summed E-state index contributed by atoms with van der Waals surface area (Å²) in [6.07, 6.45) is -4.52. The van der Waals surface area contributed by atoms with E-state index in [1.807, 2.05) is 36.4 Å². The summed E-state index contributed by atoms with van der Waals surface area (Å²) in [6, 6.07) is 14.8. The molecule has 2 aromatic rings. The fourth-order valence-electron chi connectivity index (χ4n) is 1.96. The summed E-state index contributed by atoms with van der Waals surface area (Å²) in [7, 11) is 1.61. The van der Waals surface area contributed by atoms with Crippen molar-refractivity contribution in [3.05, 3.63) is 48.5 Å². The second kappa shape index (κ2) is 9.49. The normalized spacial score (nSPS) is 11.2. The van der Waals surface area contributed by atoms with E-state index in [0.717, 1.165) is 15.5 Å². The molecule has 140 valence electrons. The van der Waals surface area contributed by atoms with E-state index in [2.05, 4.69) is 10.1 Å². The number of hydrogen-bond acceptors (Lipinski definition) is 4. The molecule has 0 unspecified atom stereocenters.